The van der Waals surface area contributed by atoms with Gasteiger partial charge in [-0.3, -0.25) is 0 Å². The summed E-state index contributed by atoms with van der Waals surface area (Å²) in [6.45, 7) is 0. The zero-order valence-corrected chi connectivity index (χ0v) is 9.17. The maximum Gasteiger partial charge on any atom is 0.159 e. The number of fused-ring (bicyclic) bond motifs is 1. The molecule has 0 atom stereocenters. The second kappa shape index (κ2) is 3.87. The number of nitrogens with two attached hydrogens (primary N) is 1. The Morgan fingerprint density at radius 1 is 0.941 bits per heavy atom. The van der Waals surface area contributed by atoms with E-state index in [1.807, 2.05) is 54.7 Å². The van der Waals surface area contributed by atoms with Crippen LogP contribution < -0.4 is 5.73 Å². The number of hydrogen-bond acceptors (Lipinski definition) is 3. The molecule has 0 spiro atoms. The first-order chi connectivity index (χ1) is 8.33. The van der Waals surface area contributed by atoms with Crippen LogP contribution in [0.2, 0.25) is 0 Å². The van der Waals surface area contributed by atoms with Crippen LogP contribution in [-0.2, 0) is 0 Å². The van der Waals surface area contributed by atoms with Crippen LogP contribution in [0, 0.1) is 0 Å². The molecule has 0 saturated heterocycles. The molecule has 0 aliphatic rings. The van der Waals surface area contributed by atoms with Gasteiger partial charge >= 0.3 is 0 Å². The fraction of sp³-hybridized carbons (Fsp3) is 0. The number of rotatable bonds is 1. The lowest BCUT2D eigenvalue weighted by atomic mass is 10.2. The molecular formula is C14H11N3. The molecule has 3 nitrogen and oxygen atoms in total. The van der Waals surface area contributed by atoms with Gasteiger partial charge in [0.2, 0.25) is 0 Å². The van der Waals surface area contributed by atoms with Crippen LogP contribution in [0.25, 0.3) is 22.3 Å². The first kappa shape index (κ1) is 9.78. The van der Waals surface area contributed by atoms with Gasteiger partial charge in [0.25, 0.3) is 0 Å². The Balaban J connectivity index is 2.18. The van der Waals surface area contributed by atoms with Gasteiger partial charge in [0, 0.05) is 22.8 Å². The molecule has 2 N–H and O–H groups in total. The number of hydrogen-bond donors (Lipinski definition) is 1. The van der Waals surface area contributed by atoms with Crippen molar-refractivity contribution in [2.24, 2.45) is 0 Å². The molecule has 0 aliphatic heterocycles. The zero-order chi connectivity index (χ0) is 11.7. The largest absolute Gasteiger partial charge is 0.399 e. The molecule has 3 aromatic rings. The summed E-state index contributed by atoms with van der Waals surface area (Å²) in [6.07, 6.45) is 1.83. The number of nitrogens with zero attached hydrogens (tertiary/aromatic N) is 2. The molecule has 0 aliphatic carbocycles. The fourth-order valence-corrected chi connectivity index (χ4v) is 1.79. The van der Waals surface area contributed by atoms with Gasteiger partial charge in [0.15, 0.2) is 5.82 Å². The van der Waals surface area contributed by atoms with Crippen molar-refractivity contribution < 1.29 is 0 Å². The first-order valence-corrected chi connectivity index (χ1v) is 5.41. The summed E-state index contributed by atoms with van der Waals surface area (Å²) < 4.78 is 0. The van der Waals surface area contributed by atoms with Crippen LogP contribution in [-0.4, -0.2) is 9.97 Å². The van der Waals surface area contributed by atoms with Crippen LogP contribution in [0.5, 0.6) is 0 Å². The third-order valence-electron chi connectivity index (χ3n) is 2.63. The molecule has 3 heteroatoms. The number of nitrogen functional groups attached to an aromatic ring is 1. The van der Waals surface area contributed by atoms with Crippen LogP contribution in [0.4, 0.5) is 5.69 Å². The second-order valence-electron chi connectivity index (χ2n) is 3.88. The van der Waals surface area contributed by atoms with Crippen molar-refractivity contribution in [2.45, 2.75) is 0 Å². The van der Waals surface area contributed by atoms with Gasteiger partial charge < -0.3 is 5.73 Å². The SMILES string of the molecule is Nc1cccc(-c2ncc3ccccc3n2)c1. The number of aromatic nitrogens is 2. The molecule has 2 aromatic carbocycles. The van der Waals surface area contributed by atoms with Crippen molar-refractivity contribution in [2.75, 3.05) is 5.73 Å². The van der Waals surface area contributed by atoms with E-state index >= 15 is 0 Å². The monoisotopic (exact) mass is 221 g/mol. The summed E-state index contributed by atoms with van der Waals surface area (Å²) in [4.78, 5) is 8.87. The van der Waals surface area contributed by atoms with Crippen LogP contribution in [0.3, 0.4) is 0 Å². The summed E-state index contributed by atoms with van der Waals surface area (Å²) in [5.41, 5.74) is 8.36. The molecule has 82 valence electrons. The van der Waals surface area contributed by atoms with E-state index in [9.17, 15) is 0 Å². The molecule has 0 saturated carbocycles. The average Bonchev–Trinajstić information content (AvgIpc) is 2.38. The molecule has 1 aromatic heterocycles. The van der Waals surface area contributed by atoms with E-state index < -0.39 is 0 Å². The molecule has 3 rings (SSSR count). The number of anilines is 1. The number of benzene rings is 2. The predicted octanol–water partition coefficient (Wildman–Crippen LogP) is 2.88. The van der Waals surface area contributed by atoms with Gasteiger partial charge in [0.1, 0.15) is 0 Å². The van der Waals surface area contributed by atoms with Gasteiger partial charge in [-0.1, -0.05) is 30.3 Å². The highest BCUT2D eigenvalue weighted by molar-refractivity contribution is 5.79. The van der Waals surface area contributed by atoms with Crippen LogP contribution in [0.15, 0.2) is 54.7 Å². The molecule has 0 radical (unpaired) electrons. The van der Waals surface area contributed by atoms with Crippen molar-refractivity contribution in [3.05, 3.63) is 54.7 Å². The third kappa shape index (κ3) is 1.83. The molecule has 0 bridgehead atoms. The number of para-hydroxylation sites is 1. The minimum absolute atomic E-state index is 0.705. The zero-order valence-electron chi connectivity index (χ0n) is 9.17. The highest BCUT2D eigenvalue weighted by Gasteiger charge is 2.02. The molecule has 0 fully saturated rings. The molecule has 1 heterocycles. The first-order valence-electron chi connectivity index (χ1n) is 5.41. The van der Waals surface area contributed by atoms with Crippen molar-refractivity contribution in [1.29, 1.82) is 0 Å². The van der Waals surface area contributed by atoms with Crippen molar-refractivity contribution >= 4 is 16.6 Å². The van der Waals surface area contributed by atoms with Crippen molar-refractivity contribution in [1.82, 2.24) is 9.97 Å². The summed E-state index contributed by atoms with van der Waals surface area (Å²) in [6, 6.07) is 15.5. The Morgan fingerprint density at radius 2 is 1.82 bits per heavy atom. The van der Waals surface area contributed by atoms with Crippen LogP contribution >= 0.6 is 0 Å². The summed E-state index contributed by atoms with van der Waals surface area (Å²) in [5.74, 6) is 0.705. The Hall–Kier alpha value is -2.42. The van der Waals surface area contributed by atoms with E-state index in [4.69, 9.17) is 5.73 Å². The van der Waals surface area contributed by atoms with E-state index in [0.29, 0.717) is 5.82 Å². The topological polar surface area (TPSA) is 51.8 Å². The van der Waals surface area contributed by atoms with Crippen molar-refractivity contribution in [3.8, 4) is 11.4 Å². The average molecular weight is 221 g/mol. The summed E-state index contributed by atoms with van der Waals surface area (Å²) in [5, 5.41) is 1.04. The minimum Gasteiger partial charge on any atom is -0.399 e. The molecular weight excluding hydrogens is 210 g/mol. The molecule has 0 unspecified atom stereocenters. The fourth-order valence-electron chi connectivity index (χ4n) is 1.79. The highest BCUT2D eigenvalue weighted by atomic mass is 14.9. The lowest BCUT2D eigenvalue weighted by Gasteiger charge is -2.02. The molecule has 17 heavy (non-hydrogen) atoms. The second-order valence-corrected chi connectivity index (χ2v) is 3.88. The van der Waals surface area contributed by atoms with Crippen molar-refractivity contribution in [3.63, 3.8) is 0 Å². The lowest BCUT2D eigenvalue weighted by Crippen LogP contribution is -1.91. The van der Waals surface area contributed by atoms with E-state index in [1.54, 1.807) is 0 Å². The van der Waals surface area contributed by atoms with E-state index in [-0.39, 0.29) is 0 Å². The Kier molecular flexibility index (Phi) is 2.22. The lowest BCUT2D eigenvalue weighted by molar-refractivity contribution is 1.23. The van der Waals surface area contributed by atoms with E-state index in [1.165, 1.54) is 0 Å². The van der Waals surface area contributed by atoms with Gasteiger partial charge in [-0.2, -0.15) is 0 Å². The standard InChI is InChI=1S/C14H11N3/c15-12-6-3-5-10(8-12)14-16-9-11-4-1-2-7-13(11)17-14/h1-9H,15H2. The Morgan fingerprint density at radius 3 is 2.71 bits per heavy atom. The smallest absolute Gasteiger partial charge is 0.159 e. The van der Waals surface area contributed by atoms with E-state index in [2.05, 4.69) is 9.97 Å². The van der Waals surface area contributed by atoms with Crippen LogP contribution in [0.1, 0.15) is 0 Å². The van der Waals surface area contributed by atoms with E-state index in [0.717, 1.165) is 22.2 Å². The highest BCUT2D eigenvalue weighted by Crippen LogP contribution is 2.19. The maximum atomic E-state index is 5.75. The minimum atomic E-state index is 0.705. The predicted molar refractivity (Wildman–Crippen MR) is 69.4 cm³/mol. The maximum absolute atomic E-state index is 5.75. The van der Waals surface area contributed by atoms with Gasteiger partial charge in [0.05, 0.1) is 5.52 Å². The Bertz CT molecular complexity index is 677. The quantitative estimate of drug-likeness (QED) is 0.643. The normalized spacial score (nSPS) is 10.6. The summed E-state index contributed by atoms with van der Waals surface area (Å²) >= 11 is 0. The molecule has 0 amide bonds. The van der Waals surface area contributed by atoms with Gasteiger partial charge in [-0.05, 0) is 18.2 Å². The van der Waals surface area contributed by atoms with Gasteiger partial charge in [-0.25, -0.2) is 9.97 Å². The Labute approximate surface area is 98.9 Å². The third-order valence-corrected chi connectivity index (χ3v) is 2.63. The summed E-state index contributed by atoms with van der Waals surface area (Å²) in [7, 11) is 0. The van der Waals surface area contributed by atoms with Gasteiger partial charge in [-0.15, -0.1) is 0 Å².